The van der Waals surface area contributed by atoms with Crippen molar-refractivity contribution in [2.24, 2.45) is 11.5 Å². The molecule has 0 spiro atoms. The number of nitrogens with zero attached hydrogens (tertiary/aromatic N) is 3. The van der Waals surface area contributed by atoms with E-state index in [4.69, 9.17) is 23.7 Å². The van der Waals surface area contributed by atoms with E-state index < -0.39 is 0 Å². The van der Waals surface area contributed by atoms with Crippen LogP contribution >= 0.6 is 12.2 Å². The maximum Gasteiger partial charge on any atom is 0.172 e. The van der Waals surface area contributed by atoms with Gasteiger partial charge in [-0.1, -0.05) is 12.1 Å². The number of thiocarbonyl (C=S) groups is 1. The minimum absolute atomic E-state index is 0.250. The average Bonchev–Trinajstić information content (AvgIpc) is 2.35. The van der Waals surface area contributed by atoms with E-state index in [0.717, 1.165) is 11.0 Å². The van der Waals surface area contributed by atoms with Gasteiger partial charge < -0.3 is 16.4 Å². The van der Waals surface area contributed by atoms with E-state index in [1.54, 1.807) is 11.1 Å². The highest BCUT2D eigenvalue weighted by atomic mass is 32.1. The van der Waals surface area contributed by atoms with Gasteiger partial charge in [0.25, 0.3) is 0 Å². The summed E-state index contributed by atoms with van der Waals surface area (Å²) in [5.41, 5.74) is 12.8. The molecule has 0 aliphatic rings. The number of fused-ring (bicyclic) bond motifs is 1. The number of aromatic nitrogens is 2. The Hall–Kier alpha value is -1.79. The SMILES string of the molecule is NCCN(C(N)=S)c1cnc2ccccc2n1. The van der Waals surface area contributed by atoms with Crippen LogP contribution in [0.3, 0.4) is 0 Å². The third kappa shape index (κ3) is 2.48. The predicted octanol–water partition coefficient (Wildman–Crippen LogP) is 0.638. The molecule has 6 heteroatoms. The van der Waals surface area contributed by atoms with Crippen LogP contribution in [0.15, 0.2) is 30.5 Å². The second-order valence-corrected chi connectivity index (χ2v) is 3.91. The normalized spacial score (nSPS) is 10.4. The van der Waals surface area contributed by atoms with Crippen LogP contribution in [0, 0.1) is 0 Å². The van der Waals surface area contributed by atoms with Gasteiger partial charge in [-0.25, -0.2) is 4.98 Å². The molecule has 0 saturated heterocycles. The molecule has 1 heterocycles. The van der Waals surface area contributed by atoms with Crippen LogP contribution < -0.4 is 16.4 Å². The van der Waals surface area contributed by atoms with Crippen LogP contribution in [0.2, 0.25) is 0 Å². The molecule has 2 aromatic rings. The van der Waals surface area contributed by atoms with Crippen LogP contribution in [-0.4, -0.2) is 28.2 Å². The van der Waals surface area contributed by atoms with Crippen molar-refractivity contribution in [2.45, 2.75) is 0 Å². The summed E-state index contributed by atoms with van der Waals surface area (Å²) < 4.78 is 0. The summed E-state index contributed by atoms with van der Waals surface area (Å²) in [5.74, 6) is 0.627. The Labute approximate surface area is 104 Å². The molecule has 0 radical (unpaired) electrons. The van der Waals surface area contributed by atoms with Gasteiger partial charge in [-0.05, 0) is 24.4 Å². The van der Waals surface area contributed by atoms with Gasteiger partial charge >= 0.3 is 0 Å². The fourth-order valence-corrected chi connectivity index (χ4v) is 1.73. The summed E-state index contributed by atoms with van der Waals surface area (Å²) in [6, 6.07) is 7.63. The Kier molecular flexibility index (Phi) is 3.46. The Morgan fingerprint density at radius 2 is 2.00 bits per heavy atom. The van der Waals surface area contributed by atoms with Gasteiger partial charge in [0.15, 0.2) is 10.9 Å². The molecule has 0 saturated carbocycles. The quantitative estimate of drug-likeness (QED) is 0.775. The van der Waals surface area contributed by atoms with Crippen molar-refractivity contribution in [3.05, 3.63) is 30.5 Å². The summed E-state index contributed by atoms with van der Waals surface area (Å²) in [6.07, 6.45) is 1.65. The Balaban J connectivity index is 2.43. The molecule has 0 aliphatic heterocycles. The zero-order valence-electron chi connectivity index (χ0n) is 9.21. The summed E-state index contributed by atoms with van der Waals surface area (Å²) in [5, 5.41) is 0.250. The highest BCUT2D eigenvalue weighted by Gasteiger charge is 2.10. The molecule has 2 rings (SSSR count). The molecule has 0 bridgehead atoms. The second kappa shape index (κ2) is 5.03. The number of hydrogen-bond acceptors (Lipinski definition) is 4. The average molecular weight is 247 g/mol. The predicted molar refractivity (Wildman–Crippen MR) is 72.7 cm³/mol. The van der Waals surface area contributed by atoms with Crippen molar-refractivity contribution >= 4 is 34.2 Å². The lowest BCUT2D eigenvalue weighted by atomic mass is 10.3. The van der Waals surface area contributed by atoms with Crippen LogP contribution in [0.5, 0.6) is 0 Å². The smallest absolute Gasteiger partial charge is 0.172 e. The lowest BCUT2D eigenvalue weighted by molar-refractivity contribution is 0.926. The van der Waals surface area contributed by atoms with Gasteiger partial charge in [-0.15, -0.1) is 0 Å². The highest BCUT2D eigenvalue weighted by Crippen LogP contribution is 2.14. The third-order valence-corrected chi connectivity index (χ3v) is 2.55. The van der Waals surface area contributed by atoms with Gasteiger partial charge in [0.2, 0.25) is 0 Å². The molecule has 0 aliphatic carbocycles. The first kappa shape index (κ1) is 11.7. The van der Waals surface area contributed by atoms with E-state index in [1.165, 1.54) is 0 Å². The van der Waals surface area contributed by atoms with Crippen LogP contribution in [0.4, 0.5) is 5.82 Å². The maximum absolute atomic E-state index is 5.63. The minimum atomic E-state index is 0.250. The van der Waals surface area contributed by atoms with E-state index in [9.17, 15) is 0 Å². The van der Waals surface area contributed by atoms with Crippen molar-refractivity contribution < 1.29 is 0 Å². The minimum Gasteiger partial charge on any atom is -0.376 e. The molecule has 4 N–H and O–H groups in total. The first-order chi connectivity index (χ1) is 8.22. The first-order valence-electron chi connectivity index (χ1n) is 5.21. The van der Waals surface area contributed by atoms with Crippen molar-refractivity contribution in [2.75, 3.05) is 18.0 Å². The largest absolute Gasteiger partial charge is 0.376 e. The maximum atomic E-state index is 5.63. The van der Waals surface area contributed by atoms with Crippen molar-refractivity contribution in [3.63, 3.8) is 0 Å². The molecule has 1 aromatic carbocycles. The van der Waals surface area contributed by atoms with Crippen LogP contribution in [0.1, 0.15) is 0 Å². The molecule has 0 atom stereocenters. The number of rotatable bonds is 3. The van der Waals surface area contributed by atoms with Gasteiger partial charge in [-0.3, -0.25) is 4.98 Å². The number of anilines is 1. The molecule has 5 nitrogen and oxygen atoms in total. The molecular weight excluding hydrogens is 234 g/mol. The van der Waals surface area contributed by atoms with E-state index in [0.29, 0.717) is 18.9 Å². The van der Waals surface area contributed by atoms with Crippen molar-refractivity contribution in [1.29, 1.82) is 0 Å². The van der Waals surface area contributed by atoms with E-state index in [1.807, 2.05) is 24.3 Å². The zero-order chi connectivity index (χ0) is 12.3. The molecule has 0 amide bonds. The van der Waals surface area contributed by atoms with Gasteiger partial charge in [0.05, 0.1) is 17.2 Å². The van der Waals surface area contributed by atoms with E-state index in [-0.39, 0.29) is 5.11 Å². The van der Waals surface area contributed by atoms with Gasteiger partial charge in [-0.2, -0.15) is 0 Å². The van der Waals surface area contributed by atoms with Gasteiger partial charge in [0.1, 0.15) is 0 Å². The van der Waals surface area contributed by atoms with Crippen molar-refractivity contribution in [1.82, 2.24) is 9.97 Å². The molecule has 17 heavy (non-hydrogen) atoms. The van der Waals surface area contributed by atoms with Crippen LogP contribution in [-0.2, 0) is 0 Å². The second-order valence-electron chi connectivity index (χ2n) is 3.50. The first-order valence-corrected chi connectivity index (χ1v) is 5.62. The van der Waals surface area contributed by atoms with Crippen molar-refractivity contribution in [3.8, 4) is 0 Å². The summed E-state index contributed by atoms with van der Waals surface area (Å²) in [4.78, 5) is 10.4. The Morgan fingerprint density at radius 3 is 2.65 bits per heavy atom. The zero-order valence-corrected chi connectivity index (χ0v) is 10.0. The highest BCUT2D eigenvalue weighted by molar-refractivity contribution is 7.80. The fraction of sp³-hybridized carbons (Fsp3) is 0.182. The number of para-hydroxylation sites is 2. The molecule has 1 aromatic heterocycles. The van der Waals surface area contributed by atoms with E-state index in [2.05, 4.69) is 9.97 Å². The standard InChI is InChI=1S/C11H13N5S/c12-5-6-16(11(13)17)10-7-14-8-3-1-2-4-9(8)15-10/h1-4,7H,5-6,12H2,(H2,13,17). The monoisotopic (exact) mass is 247 g/mol. The lowest BCUT2D eigenvalue weighted by Gasteiger charge is -2.20. The molecule has 88 valence electrons. The number of nitrogens with two attached hydrogens (primary N) is 2. The Morgan fingerprint density at radius 1 is 1.29 bits per heavy atom. The molecule has 0 unspecified atom stereocenters. The fourth-order valence-electron chi connectivity index (χ4n) is 1.54. The summed E-state index contributed by atoms with van der Waals surface area (Å²) in [7, 11) is 0. The van der Waals surface area contributed by atoms with Crippen LogP contribution in [0.25, 0.3) is 11.0 Å². The third-order valence-electron chi connectivity index (χ3n) is 2.33. The molecular formula is C11H13N5S. The van der Waals surface area contributed by atoms with Gasteiger partial charge in [0, 0.05) is 13.1 Å². The van der Waals surface area contributed by atoms with E-state index >= 15 is 0 Å². The summed E-state index contributed by atoms with van der Waals surface area (Å²) >= 11 is 4.97. The lowest BCUT2D eigenvalue weighted by Crippen LogP contribution is -2.39. The molecule has 0 fully saturated rings. The number of benzene rings is 1. The Bertz CT molecular complexity index is 542. The topological polar surface area (TPSA) is 81.1 Å². The summed E-state index contributed by atoms with van der Waals surface area (Å²) in [6.45, 7) is 0.980. The number of hydrogen-bond donors (Lipinski definition) is 2.